The van der Waals surface area contributed by atoms with Crippen molar-refractivity contribution < 1.29 is 14.3 Å². The molecule has 1 rings (SSSR count). The van der Waals surface area contributed by atoms with Gasteiger partial charge in [0.05, 0.1) is 13.0 Å². The Balaban J connectivity index is 0.00000441. The maximum absolute atomic E-state index is 11.7. The van der Waals surface area contributed by atoms with Gasteiger partial charge >= 0.3 is 5.97 Å². The van der Waals surface area contributed by atoms with Crippen LogP contribution in [0.2, 0.25) is 0 Å². The van der Waals surface area contributed by atoms with Crippen LogP contribution < -0.4 is 5.32 Å². The SMILES string of the molecule is CCNC(=NCC(=O)N(C)C)N1CC(C)C(C(=O)OC)C1.I. The molecule has 7 nitrogen and oxygen atoms in total. The first kappa shape index (κ1) is 20.9. The van der Waals surface area contributed by atoms with Crippen LogP contribution in [0, 0.1) is 11.8 Å². The first-order valence-electron chi connectivity index (χ1n) is 7.21. The number of nitrogens with one attached hydrogen (secondary N) is 1. The first-order valence-corrected chi connectivity index (χ1v) is 7.21. The molecule has 1 N–H and O–H groups in total. The summed E-state index contributed by atoms with van der Waals surface area (Å²) < 4.78 is 4.84. The second kappa shape index (κ2) is 9.86. The van der Waals surface area contributed by atoms with Crippen LogP contribution >= 0.6 is 24.0 Å². The Morgan fingerprint density at radius 3 is 2.50 bits per heavy atom. The molecule has 22 heavy (non-hydrogen) atoms. The molecule has 8 heteroatoms. The summed E-state index contributed by atoms with van der Waals surface area (Å²) in [5.41, 5.74) is 0. The van der Waals surface area contributed by atoms with E-state index in [1.165, 1.54) is 12.0 Å². The van der Waals surface area contributed by atoms with E-state index in [-0.39, 0.29) is 54.2 Å². The molecule has 1 aliphatic rings. The standard InChI is InChI=1S/C14H26N4O3.HI/c1-6-15-14(16-7-12(19)17(3)4)18-8-10(2)11(9-18)13(20)21-5;/h10-11H,6-9H2,1-5H3,(H,15,16);1H. The molecule has 0 radical (unpaired) electrons. The zero-order valence-corrected chi connectivity index (χ0v) is 16.3. The number of esters is 1. The van der Waals surface area contributed by atoms with E-state index < -0.39 is 0 Å². The molecule has 1 fully saturated rings. The number of guanidine groups is 1. The monoisotopic (exact) mass is 426 g/mol. The highest BCUT2D eigenvalue weighted by Crippen LogP contribution is 2.24. The molecule has 0 spiro atoms. The Morgan fingerprint density at radius 1 is 1.36 bits per heavy atom. The van der Waals surface area contributed by atoms with Gasteiger partial charge in [-0.25, -0.2) is 4.99 Å². The first-order chi connectivity index (χ1) is 9.90. The number of likely N-dealkylation sites (tertiary alicyclic amines) is 1. The molecule has 1 heterocycles. The van der Waals surface area contributed by atoms with Gasteiger partial charge in [0.25, 0.3) is 0 Å². The van der Waals surface area contributed by atoms with Gasteiger partial charge < -0.3 is 19.9 Å². The van der Waals surface area contributed by atoms with Gasteiger partial charge in [0, 0.05) is 33.7 Å². The third kappa shape index (κ3) is 5.62. The minimum absolute atomic E-state index is 0. The highest BCUT2D eigenvalue weighted by atomic mass is 127. The smallest absolute Gasteiger partial charge is 0.310 e. The van der Waals surface area contributed by atoms with Crippen LogP contribution in [-0.2, 0) is 14.3 Å². The number of nitrogens with zero attached hydrogens (tertiary/aromatic N) is 3. The zero-order valence-electron chi connectivity index (χ0n) is 14.0. The van der Waals surface area contributed by atoms with Gasteiger partial charge in [-0.2, -0.15) is 0 Å². The zero-order chi connectivity index (χ0) is 16.0. The van der Waals surface area contributed by atoms with Crippen molar-refractivity contribution in [1.82, 2.24) is 15.1 Å². The number of likely N-dealkylation sites (N-methyl/N-ethyl adjacent to an activating group) is 1. The van der Waals surface area contributed by atoms with E-state index >= 15 is 0 Å². The number of carbonyl (C=O) groups excluding carboxylic acids is 2. The predicted octanol–water partition coefficient (Wildman–Crippen LogP) is 0.399. The maximum atomic E-state index is 11.7. The van der Waals surface area contributed by atoms with Crippen molar-refractivity contribution in [2.24, 2.45) is 16.8 Å². The second-order valence-corrected chi connectivity index (χ2v) is 5.47. The number of amides is 1. The van der Waals surface area contributed by atoms with E-state index in [1.807, 2.05) is 18.7 Å². The quantitative estimate of drug-likeness (QED) is 0.305. The van der Waals surface area contributed by atoms with Crippen molar-refractivity contribution in [3.63, 3.8) is 0 Å². The van der Waals surface area contributed by atoms with Crippen molar-refractivity contribution in [3.05, 3.63) is 0 Å². The molecule has 1 saturated heterocycles. The molecular formula is C14H27IN4O3. The number of halogens is 1. The highest BCUT2D eigenvalue weighted by Gasteiger charge is 2.36. The summed E-state index contributed by atoms with van der Waals surface area (Å²) >= 11 is 0. The van der Waals surface area contributed by atoms with Crippen LogP contribution in [0.25, 0.3) is 0 Å². The second-order valence-electron chi connectivity index (χ2n) is 5.47. The van der Waals surface area contributed by atoms with Gasteiger partial charge in [-0.05, 0) is 12.8 Å². The number of carbonyl (C=O) groups is 2. The van der Waals surface area contributed by atoms with Crippen molar-refractivity contribution >= 4 is 41.8 Å². The minimum Gasteiger partial charge on any atom is -0.469 e. The summed E-state index contributed by atoms with van der Waals surface area (Å²) in [6.45, 7) is 6.10. The van der Waals surface area contributed by atoms with E-state index in [0.29, 0.717) is 19.0 Å². The van der Waals surface area contributed by atoms with Crippen LogP contribution in [0.15, 0.2) is 4.99 Å². The molecule has 1 aliphatic heterocycles. The van der Waals surface area contributed by atoms with Gasteiger partial charge in [-0.15, -0.1) is 24.0 Å². The summed E-state index contributed by atoms with van der Waals surface area (Å²) in [4.78, 5) is 31.3. The lowest BCUT2D eigenvalue weighted by Crippen LogP contribution is -2.41. The number of methoxy groups -OCH3 is 1. The Labute approximate surface area is 149 Å². The lowest BCUT2D eigenvalue weighted by molar-refractivity contribution is -0.146. The minimum atomic E-state index is -0.190. The molecule has 2 unspecified atom stereocenters. The van der Waals surface area contributed by atoms with Gasteiger partial charge in [-0.3, -0.25) is 9.59 Å². The Hall–Kier alpha value is -1.06. The van der Waals surface area contributed by atoms with Gasteiger partial charge in [0.1, 0.15) is 6.54 Å². The Morgan fingerprint density at radius 2 is 2.00 bits per heavy atom. The number of hydrogen-bond donors (Lipinski definition) is 1. The van der Waals surface area contributed by atoms with Crippen LogP contribution in [-0.4, -0.2) is 75.0 Å². The number of rotatable bonds is 4. The molecule has 0 aliphatic carbocycles. The fourth-order valence-corrected chi connectivity index (χ4v) is 2.31. The summed E-state index contributed by atoms with van der Waals surface area (Å²) in [5.74, 6) is 0.479. The maximum Gasteiger partial charge on any atom is 0.310 e. The van der Waals surface area contributed by atoms with E-state index in [1.54, 1.807) is 14.1 Å². The number of hydrogen-bond acceptors (Lipinski definition) is 4. The lowest BCUT2D eigenvalue weighted by atomic mass is 9.99. The average Bonchev–Trinajstić information content (AvgIpc) is 2.83. The van der Waals surface area contributed by atoms with E-state index in [2.05, 4.69) is 10.3 Å². The van der Waals surface area contributed by atoms with Crippen LogP contribution in [0.4, 0.5) is 0 Å². The molecule has 2 atom stereocenters. The van der Waals surface area contributed by atoms with Gasteiger partial charge in [0.15, 0.2) is 5.96 Å². The summed E-state index contributed by atoms with van der Waals surface area (Å²) in [5, 5.41) is 3.17. The van der Waals surface area contributed by atoms with Crippen molar-refractivity contribution in [3.8, 4) is 0 Å². The molecule has 0 aromatic rings. The average molecular weight is 426 g/mol. The molecule has 0 aromatic heterocycles. The van der Waals surface area contributed by atoms with Crippen LogP contribution in [0.1, 0.15) is 13.8 Å². The van der Waals surface area contributed by atoms with Crippen molar-refractivity contribution in [2.75, 3.05) is 47.4 Å². The molecule has 0 saturated carbocycles. The predicted molar refractivity (Wildman–Crippen MR) is 96.3 cm³/mol. The fraction of sp³-hybridized carbons (Fsp3) is 0.786. The highest BCUT2D eigenvalue weighted by molar-refractivity contribution is 14.0. The molecule has 1 amide bonds. The van der Waals surface area contributed by atoms with Crippen molar-refractivity contribution in [2.45, 2.75) is 13.8 Å². The van der Waals surface area contributed by atoms with E-state index in [0.717, 1.165) is 6.54 Å². The molecular weight excluding hydrogens is 399 g/mol. The molecule has 0 aromatic carbocycles. The Kier molecular flexibility index (Phi) is 9.38. The van der Waals surface area contributed by atoms with E-state index in [9.17, 15) is 9.59 Å². The number of aliphatic imine (C=N–C) groups is 1. The normalized spacial score (nSPS) is 21.1. The third-order valence-electron chi connectivity index (χ3n) is 3.61. The summed E-state index contributed by atoms with van der Waals surface area (Å²) in [7, 11) is 4.82. The van der Waals surface area contributed by atoms with Crippen molar-refractivity contribution in [1.29, 1.82) is 0 Å². The fourth-order valence-electron chi connectivity index (χ4n) is 2.31. The van der Waals surface area contributed by atoms with E-state index in [4.69, 9.17) is 4.74 Å². The third-order valence-corrected chi connectivity index (χ3v) is 3.61. The van der Waals surface area contributed by atoms with Gasteiger partial charge in [0.2, 0.25) is 5.91 Å². The Bertz CT molecular complexity index is 415. The lowest BCUT2D eigenvalue weighted by Gasteiger charge is -2.21. The topological polar surface area (TPSA) is 74.2 Å². The largest absolute Gasteiger partial charge is 0.469 e. The summed E-state index contributed by atoms with van der Waals surface area (Å²) in [6, 6.07) is 0. The van der Waals surface area contributed by atoms with Gasteiger partial charge in [-0.1, -0.05) is 6.92 Å². The number of ether oxygens (including phenoxy) is 1. The van der Waals surface area contributed by atoms with Crippen LogP contribution in [0.3, 0.4) is 0 Å². The summed E-state index contributed by atoms with van der Waals surface area (Å²) in [6.07, 6.45) is 0. The van der Waals surface area contributed by atoms with Crippen LogP contribution in [0.5, 0.6) is 0 Å². The molecule has 128 valence electrons. The molecule has 0 bridgehead atoms.